The van der Waals surface area contributed by atoms with Crippen LogP contribution in [0, 0.1) is 0 Å². The molecule has 1 rings (SSSR count). The Morgan fingerprint density at radius 3 is 2.50 bits per heavy atom. The number of rotatable bonds is 7. The molecule has 0 bridgehead atoms. The molecule has 20 heavy (non-hydrogen) atoms. The largest absolute Gasteiger partial charge is 0.478 e. The van der Waals surface area contributed by atoms with Crippen molar-refractivity contribution >= 4 is 44.9 Å². The first-order valence-corrected chi connectivity index (χ1v) is 7.90. The second-order valence-corrected chi connectivity index (χ2v) is 6.51. The van der Waals surface area contributed by atoms with Gasteiger partial charge in [-0.3, -0.25) is 4.72 Å². The molecule has 9 heteroatoms. The molecular formula is C11H13Cl2NO5S. The van der Waals surface area contributed by atoms with E-state index in [1.807, 2.05) is 0 Å². The minimum atomic E-state index is -3.74. The summed E-state index contributed by atoms with van der Waals surface area (Å²) in [6, 6.07) is 2.61. The number of carbonyl (C=O) groups is 1. The monoisotopic (exact) mass is 341 g/mol. The summed E-state index contributed by atoms with van der Waals surface area (Å²) in [5.41, 5.74) is -0.612. The van der Waals surface area contributed by atoms with Crippen molar-refractivity contribution in [2.24, 2.45) is 0 Å². The average Bonchev–Trinajstić information content (AvgIpc) is 2.33. The summed E-state index contributed by atoms with van der Waals surface area (Å²) >= 11 is 11.6. The predicted octanol–water partition coefficient (Wildman–Crippen LogP) is 2.47. The van der Waals surface area contributed by atoms with Crippen LogP contribution < -0.4 is 4.72 Å². The van der Waals surface area contributed by atoms with Gasteiger partial charge in [0.1, 0.15) is 5.56 Å². The minimum absolute atomic E-state index is 0.0397. The molecule has 0 fully saturated rings. The Morgan fingerprint density at radius 1 is 1.35 bits per heavy atom. The molecule has 0 saturated carbocycles. The van der Waals surface area contributed by atoms with Crippen LogP contribution in [0.15, 0.2) is 12.1 Å². The summed E-state index contributed by atoms with van der Waals surface area (Å²) in [7, 11) is -2.28. The van der Waals surface area contributed by atoms with Crippen LogP contribution in [0.5, 0.6) is 0 Å². The van der Waals surface area contributed by atoms with Crippen LogP contribution in [0.4, 0.5) is 5.69 Å². The van der Waals surface area contributed by atoms with Gasteiger partial charge in [-0.25, -0.2) is 13.2 Å². The maximum absolute atomic E-state index is 11.9. The van der Waals surface area contributed by atoms with Crippen LogP contribution in [-0.4, -0.2) is 39.0 Å². The van der Waals surface area contributed by atoms with E-state index in [4.69, 9.17) is 33.0 Å². The van der Waals surface area contributed by atoms with E-state index >= 15 is 0 Å². The van der Waals surface area contributed by atoms with E-state index in [1.165, 1.54) is 19.2 Å². The van der Waals surface area contributed by atoms with Gasteiger partial charge >= 0.3 is 5.97 Å². The molecule has 2 N–H and O–H groups in total. The molecule has 0 aliphatic heterocycles. The molecule has 6 nitrogen and oxygen atoms in total. The first kappa shape index (κ1) is 17.0. The Kier molecular flexibility index (Phi) is 6.07. The van der Waals surface area contributed by atoms with Crippen LogP contribution in [0.25, 0.3) is 0 Å². The molecule has 0 aliphatic rings. The van der Waals surface area contributed by atoms with E-state index in [9.17, 15) is 13.2 Å². The Bertz CT molecular complexity index is 603. The van der Waals surface area contributed by atoms with Crippen molar-refractivity contribution in [2.75, 3.05) is 24.2 Å². The number of aromatic carboxylic acids is 1. The smallest absolute Gasteiger partial charge is 0.339 e. The molecule has 0 aliphatic carbocycles. The van der Waals surface area contributed by atoms with Crippen molar-refractivity contribution < 1.29 is 23.1 Å². The Hall–Kier alpha value is -1.02. The fraction of sp³-hybridized carbons (Fsp3) is 0.364. The average molecular weight is 342 g/mol. The molecule has 112 valence electrons. The highest BCUT2D eigenvalue weighted by molar-refractivity contribution is 7.92. The lowest BCUT2D eigenvalue weighted by Gasteiger charge is -2.13. The van der Waals surface area contributed by atoms with Gasteiger partial charge in [-0.05, 0) is 18.6 Å². The number of nitrogens with one attached hydrogen (secondary N) is 1. The summed E-state index contributed by atoms with van der Waals surface area (Å²) in [6.45, 7) is 0.274. The second-order valence-electron chi connectivity index (χ2n) is 3.85. The van der Waals surface area contributed by atoms with E-state index in [0.29, 0.717) is 0 Å². The second kappa shape index (κ2) is 7.12. The molecule has 0 heterocycles. The predicted molar refractivity (Wildman–Crippen MR) is 77.3 cm³/mol. The number of sulfonamides is 1. The Balaban J connectivity index is 3.08. The number of anilines is 1. The normalized spacial score (nSPS) is 11.3. The highest BCUT2D eigenvalue weighted by atomic mass is 35.5. The van der Waals surface area contributed by atoms with Crippen molar-refractivity contribution in [1.82, 2.24) is 0 Å². The van der Waals surface area contributed by atoms with Crippen LogP contribution in [0.1, 0.15) is 16.8 Å². The van der Waals surface area contributed by atoms with E-state index in [-0.39, 0.29) is 40.1 Å². The highest BCUT2D eigenvalue weighted by Crippen LogP contribution is 2.32. The number of hydrogen-bond donors (Lipinski definition) is 2. The van der Waals surface area contributed by atoms with Crippen molar-refractivity contribution in [2.45, 2.75) is 6.42 Å². The van der Waals surface area contributed by atoms with Gasteiger partial charge in [0.2, 0.25) is 10.0 Å². The van der Waals surface area contributed by atoms with Gasteiger partial charge in [-0.1, -0.05) is 23.2 Å². The van der Waals surface area contributed by atoms with E-state index in [1.54, 1.807) is 0 Å². The quantitative estimate of drug-likeness (QED) is 0.743. The van der Waals surface area contributed by atoms with Gasteiger partial charge in [-0.2, -0.15) is 0 Å². The van der Waals surface area contributed by atoms with Crippen LogP contribution in [0.2, 0.25) is 10.0 Å². The van der Waals surface area contributed by atoms with Crippen LogP contribution in [-0.2, 0) is 14.8 Å². The van der Waals surface area contributed by atoms with E-state index in [0.717, 1.165) is 0 Å². The maximum atomic E-state index is 11.9. The van der Waals surface area contributed by atoms with Gasteiger partial charge in [0.05, 0.1) is 21.5 Å². The standard InChI is InChI=1S/C11H13Cl2NO5S/c1-19-5-2-6-20(17,18)14-10-8(13)4-3-7(12)9(10)11(15)16/h3-4,14H,2,5-6H2,1H3,(H,15,16). The summed E-state index contributed by atoms with van der Waals surface area (Å²) in [4.78, 5) is 11.1. The fourth-order valence-corrected chi connectivity index (χ4v) is 3.08. The number of halogens is 2. The van der Waals surface area contributed by atoms with E-state index < -0.39 is 16.0 Å². The maximum Gasteiger partial charge on any atom is 0.339 e. The summed E-state index contributed by atoms with van der Waals surface area (Å²) < 4.78 is 30.6. The third kappa shape index (κ3) is 4.52. The molecule has 0 aromatic heterocycles. The van der Waals surface area contributed by atoms with Crippen molar-refractivity contribution in [1.29, 1.82) is 0 Å². The molecule has 1 aromatic carbocycles. The molecule has 1 aromatic rings. The minimum Gasteiger partial charge on any atom is -0.478 e. The molecule has 0 atom stereocenters. The lowest BCUT2D eigenvalue weighted by Crippen LogP contribution is -2.20. The lowest BCUT2D eigenvalue weighted by atomic mass is 10.2. The summed E-state index contributed by atoms with van der Waals surface area (Å²) in [6.07, 6.45) is 0.270. The van der Waals surface area contributed by atoms with Gasteiger partial charge in [0.25, 0.3) is 0 Å². The molecule has 0 amide bonds. The van der Waals surface area contributed by atoms with Gasteiger partial charge < -0.3 is 9.84 Å². The topological polar surface area (TPSA) is 92.7 Å². The number of ether oxygens (including phenoxy) is 1. The van der Waals surface area contributed by atoms with E-state index in [2.05, 4.69) is 4.72 Å². The van der Waals surface area contributed by atoms with Crippen LogP contribution >= 0.6 is 23.2 Å². The van der Waals surface area contributed by atoms with Gasteiger partial charge in [0, 0.05) is 13.7 Å². The first-order chi connectivity index (χ1) is 9.28. The van der Waals surface area contributed by atoms with Crippen molar-refractivity contribution in [3.63, 3.8) is 0 Å². The van der Waals surface area contributed by atoms with Crippen molar-refractivity contribution in [3.8, 4) is 0 Å². The number of benzene rings is 1. The lowest BCUT2D eigenvalue weighted by molar-refractivity contribution is 0.0698. The fourth-order valence-electron chi connectivity index (χ4n) is 1.46. The zero-order valence-corrected chi connectivity index (χ0v) is 12.8. The van der Waals surface area contributed by atoms with Gasteiger partial charge in [-0.15, -0.1) is 0 Å². The van der Waals surface area contributed by atoms with Crippen molar-refractivity contribution in [3.05, 3.63) is 27.7 Å². The molecule has 0 radical (unpaired) electrons. The SMILES string of the molecule is COCCCS(=O)(=O)Nc1c(Cl)ccc(Cl)c1C(=O)O. The molecule has 0 unspecified atom stereocenters. The number of carboxylic acid groups (broad SMARTS) is 1. The molecule has 0 spiro atoms. The third-order valence-corrected chi connectivity index (χ3v) is 4.31. The Morgan fingerprint density at radius 2 is 1.95 bits per heavy atom. The zero-order chi connectivity index (χ0) is 15.3. The first-order valence-electron chi connectivity index (χ1n) is 5.49. The molecule has 0 saturated heterocycles. The Labute approximate surface area is 126 Å². The third-order valence-electron chi connectivity index (χ3n) is 2.34. The summed E-state index contributed by atoms with van der Waals surface area (Å²) in [5, 5.41) is 8.94. The molecular weight excluding hydrogens is 329 g/mol. The summed E-state index contributed by atoms with van der Waals surface area (Å²) in [5.74, 6) is -1.59. The number of carboxylic acids is 1. The zero-order valence-electron chi connectivity index (χ0n) is 10.5. The van der Waals surface area contributed by atoms with Gasteiger partial charge in [0.15, 0.2) is 0 Å². The highest BCUT2D eigenvalue weighted by Gasteiger charge is 2.21. The number of methoxy groups -OCH3 is 1. The van der Waals surface area contributed by atoms with Crippen LogP contribution in [0.3, 0.4) is 0 Å². The number of hydrogen-bond acceptors (Lipinski definition) is 4.